The van der Waals surface area contributed by atoms with Crippen molar-refractivity contribution in [3.63, 3.8) is 0 Å². The fraction of sp³-hybridized carbons (Fsp3) is 0.917. The molecule has 0 aromatic rings. The summed E-state index contributed by atoms with van der Waals surface area (Å²) in [5.74, 6) is 1.37. The first kappa shape index (κ1) is 12.5. The second-order valence-corrected chi connectivity index (χ2v) is 4.69. The molecule has 3 heteroatoms. The maximum absolute atomic E-state index is 11.4. The van der Waals surface area contributed by atoms with Crippen molar-refractivity contribution in [1.29, 1.82) is 0 Å². The van der Waals surface area contributed by atoms with Crippen LogP contribution in [0.5, 0.6) is 0 Å². The van der Waals surface area contributed by atoms with Gasteiger partial charge < -0.3 is 11.1 Å². The van der Waals surface area contributed by atoms with Crippen molar-refractivity contribution in [3.05, 3.63) is 0 Å². The summed E-state index contributed by atoms with van der Waals surface area (Å²) < 4.78 is 0. The lowest BCUT2D eigenvalue weighted by atomic mass is 9.95. The van der Waals surface area contributed by atoms with E-state index in [0.29, 0.717) is 24.8 Å². The van der Waals surface area contributed by atoms with Crippen molar-refractivity contribution in [3.8, 4) is 0 Å². The molecule has 0 spiro atoms. The number of carbonyl (C=O) groups is 1. The van der Waals surface area contributed by atoms with Crippen molar-refractivity contribution in [2.45, 2.75) is 52.0 Å². The molecule has 3 nitrogen and oxygen atoms in total. The Morgan fingerprint density at radius 2 is 2.00 bits per heavy atom. The van der Waals surface area contributed by atoms with E-state index in [1.807, 2.05) is 0 Å². The van der Waals surface area contributed by atoms with Gasteiger partial charge in [-0.2, -0.15) is 0 Å². The van der Waals surface area contributed by atoms with Gasteiger partial charge >= 0.3 is 0 Å². The monoisotopic (exact) mass is 212 g/mol. The van der Waals surface area contributed by atoms with Gasteiger partial charge in [0.2, 0.25) is 5.91 Å². The Labute approximate surface area is 92.8 Å². The van der Waals surface area contributed by atoms with Crippen molar-refractivity contribution < 1.29 is 4.79 Å². The Bertz CT molecular complexity index is 198. The maximum Gasteiger partial charge on any atom is 0.220 e. The van der Waals surface area contributed by atoms with Crippen LogP contribution in [0.1, 0.15) is 46.0 Å². The van der Waals surface area contributed by atoms with Gasteiger partial charge in [0.05, 0.1) is 0 Å². The Morgan fingerprint density at radius 1 is 1.40 bits per heavy atom. The predicted molar refractivity (Wildman–Crippen MR) is 62.4 cm³/mol. The first-order valence-electron chi connectivity index (χ1n) is 6.19. The van der Waals surface area contributed by atoms with Crippen molar-refractivity contribution >= 4 is 5.91 Å². The number of hydrogen-bond acceptors (Lipinski definition) is 2. The molecule has 1 aliphatic carbocycles. The summed E-state index contributed by atoms with van der Waals surface area (Å²) in [5.41, 5.74) is 6.02. The molecule has 1 fully saturated rings. The van der Waals surface area contributed by atoms with Gasteiger partial charge in [-0.1, -0.05) is 26.7 Å². The van der Waals surface area contributed by atoms with Crippen LogP contribution in [0, 0.1) is 11.8 Å². The zero-order valence-electron chi connectivity index (χ0n) is 9.96. The van der Waals surface area contributed by atoms with Crippen LogP contribution < -0.4 is 11.1 Å². The van der Waals surface area contributed by atoms with Crippen LogP contribution in [0.25, 0.3) is 0 Å². The summed E-state index contributed by atoms with van der Waals surface area (Å²) in [6, 6.07) is 0.114. The number of nitrogens with two attached hydrogens (primary N) is 1. The molecule has 3 N–H and O–H groups in total. The highest BCUT2D eigenvalue weighted by Gasteiger charge is 2.24. The van der Waals surface area contributed by atoms with E-state index < -0.39 is 0 Å². The molecule has 1 saturated carbocycles. The van der Waals surface area contributed by atoms with Crippen LogP contribution in [-0.4, -0.2) is 18.5 Å². The Kier molecular flexibility index (Phi) is 5.09. The Morgan fingerprint density at radius 3 is 2.47 bits per heavy atom. The van der Waals surface area contributed by atoms with Crippen molar-refractivity contribution in [2.24, 2.45) is 17.6 Å². The third-order valence-electron chi connectivity index (χ3n) is 3.36. The molecule has 1 atom stereocenters. The second kappa shape index (κ2) is 6.11. The summed E-state index contributed by atoms with van der Waals surface area (Å²) in [4.78, 5) is 11.4. The zero-order chi connectivity index (χ0) is 11.3. The molecule has 0 aromatic carbocycles. The van der Waals surface area contributed by atoms with Crippen LogP contribution in [0.3, 0.4) is 0 Å². The summed E-state index contributed by atoms with van der Waals surface area (Å²) in [6.45, 7) is 4.94. The predicted octanol–water partition coefficient (Wildman–Crippen LogP) is 1.67. The highest BCUT2D eigenvalue weighted by molar-refractivity contribution is 5.76. The fourth-order valence-electron chi connectivity index (χ4n) is 1.95. The number of amides is 1. The molecule has 0 saturated heterocycles. The SMILES string of the molecule is CCC(CC)C(N)CNC(=O)CC1CC1. The topological polar surface area (TPSA) is 55.1 Å². The Balaban J connectivity index is 2.13. The number of nitrogens with one attached hydrogen (secondary N) is 1. The lowest BCUT2D eigenvalue weighted by molar-refractivity contribution is -0.121. The average Bonchev–Trinajstić information content (AvgIpc) is 3.00. The standard InChI is InChI=1S/C12H24N2O/c1-3-10(4-2)11(13)8-14-12(15)7-9-5-6-9/h9-11H,3-8,13H2,1-2H3,(H,14,15). The first-order valence-corrected chi connectivity index (χ1v) is 6.19. The highest BCUT2D eigenvalue weighted by atomic mass is 16.1. The molecule has 0 aliphatic heterocycles. The molecule has 1 unspecified atom stereocenters. The normalized spacial score (nSPS) is 17.9. The molecule has 0 bridgehead atoms. The van der Waals surface area contributed by atoms with Gasteiger partial charge in [-0.25, -0.2) is 0 Å². The van der Waals surface area contributed by atoms with Gasteiger partial charge in [-0.05, 0) is 24.7 Å². The molecule has 1 aliphatic rings. The van der Waals surface area contributed by atoms with Gasteiger partial charge in [0.15, 0.2) is 0 Å². The third kappa shape index (κ3) is 4.65. The molecule has 88 valence electrons. The molecular weight excluding hydrogens is 188 g/mol. The minimum absolute atomic E-state index is 0.114. The van der Waals surface area contributed by atoms with E-state index in [0.717, 1.165) is 12.8 Å². The molecular formula is C12H24N2O. The van der Waals surface area contributed by atoms with Gasteiger partial charge in [-0.15, -0.1) is 0 Å². The molecule has 0 radical (unpaired) electrons. The lowest BCUT2D eigenvalue weighted by Gasteiger charge is -2.21. The van der Waals surface area contributed by atoms with Crippen LogP contribution in [-0.2, 0) is 4.79 Å². The summed E-state index contributed by atoms with van der Waals surface area (Å²) >= 11 is 0. The summed E-state index contributed by atoms with van der Waals surface area (Å²) in [5, 5.41) is 2.94. The van der Waals surface area contributed by atoms with E-state index in [9.17, 15) is 4.79 Å². The molecule has 1 rings (SSSR count). The summed E-state index contributed by atoms with van der Waals surface area (Å²) in [7, 11) is 0. The summed E-state index contributed by atoms with van der Waals surface area (Å²) in [6.07, 6.45) is 5.35. The first-order chi connectivity index (χ1) is 7.17. The smallest absolute Gasteiger partial charge is 0.220 e. The second-order valence-electron chi connectivity index (χ2n) is 4.69. The number of carbonyl (C=O) groups excluding carboxylic acids is 1. The largest absolute Gasteiger partial charge is 0.355 e. The van der Waals surface area contributed by atoms with Gasteiger partial charge in [-0.3, -0.25) is 4.79 Å². The zero-order valence-corrected chi connectivity index (χ0v) is 9.96. The fourth-order valence-corrected chi connectivity index (χ4v) is 1.95. The van der Waals surface area contributed by atoms with Crippen LogP contribution in [0.4, 0.5) is 0 Å². The molecule has 15 heavy (non-hydrogen) atoms. The Hall–Kier alpha value is -0.570. The number of rotatable bonds is 7. The van der Waals surface area contributed by atoms with Crippen LogP contribution >= 0.6 is 0 Å². The van der Waals surface area contributed by atoms with Crippen LogP contribution in [0.15, 0.2) is 0 Å². The minimum atomic E-state index is 0.114. The van der Waals surface area contributed by atoms with Gasteiger partial charge in [0.1, 0.15) is 0 Å². The maximum atomic E-state index is 11.4. The lowest BCUT2D eigenvalue weighted by Crippen LogP contribution is -2.41. The van der Waals surface area contributed by atoms with E-state index in [2.05, 4.69) is 19.2 Å². The number of hydrogen-bond donors (Lipinski definition) is 2. The van der Waals surface area contributed by atoms with Crippen LogP contribution in [0.2, 0.25) is 0 Å². The van der Waals surface area contributed by atoms with Gasteiger partial charge in [0.25, 0.3) is 0 Å². The van der Waals surface area contributed by atoms with E-state index in [1.54, 1.807) is 0 Å². The van der Waals surface area contributed by atoms with E-state index in [-0.39, 0.29) is 11.9 Å². The third-order valence-corrected chi connectivity index (χ3v) is 3.36. The van der Waals surface area contributed by atoms with Crippen molar-refractivity contribution in [2.75, 3.05) is 6.54 Å². The van der Waals surface area contributed by atoms with E-state index in [1.165, 1.54) is 12.8 Å². The molecule has 0 aromatic heterocycles. The van der Waals surface area contributed by atoms with E-state index in [4.69, 9.17) is 5.73 Å². The molecule has 1 amide bonds. The van der Waals surface area contributed by atoms with E-state index >= 15 is 0 Å². The van der Waals surface area contributed by atoms with Gasteiger partial charge in [0, 0.05) is 19.0 Å². The minimum Gasteiger partial charge on any atom is -0.355 e. The quantitative estimate of drug-likeness (QED) is 0.674. The highest BCUT2D eigenvalue weighted by Crippen LogP contribution is 2.32. The molecule has 0 heterocycles. The average molecular weight is 212 g/mol. The van der Waals surface area contributed by atoms with Crippen molar-refractivity contribution in [1.82, 2.24) is 5.32 Å².